The van der Waals surface area contributed by atoms with Gasteiger partial charge in [-0.15, -0.1) is 0 Å². The van der Waals surface area contributed by atoms with Crippen LogP contribution < -0.4 is 0 Å². The summed E-state index contributed by atoms with van der Waals surface area (Å²) in [6.45, 7) is 4.00. The van der Waals surface area contributed by atoms with Gasteiger partial charge in [0.05, 0.1) is 17.8 Å². The van der Waals surface area contributed by atoms with Gasteiger partial charge in [0.25, 0.3) is 0 Å². The Bertz CT molecular complexity index is 588. The van der Waals surface area contributed by atoms with Crippen molar-refractivity contribution in [2.75, 3.05) is 0 Å². The number of hydrogen-bond donors (Lipinski definition) is 1. The van der Waals surface area contributed by atoms with E-state index < -0.39 is 5.97 Å². The molecule has 0 saturated carbocycles. The highest BCUT2D eigenvalue weighted by Crippen LogP contribution is 2.20. The summed E-state index contributed by atoms with van der Waals surface area (Å²) in [6.07, 6.45) is -0.117. The number of aliphatic carboxylic acids is 1. The van der Waals surface area contributed by atoms with Gasteiger partial charge in [0, 0.05) is 5.69 Å². The molecule has 100 valence electrons. The smallest absolute Gasteiger partial charge is 0.309 e. The molecular weight excluding hydrogens is 247 g/mol. The van der Waals surface area contributed by atoms with Gasteiger partial charge in [-0.05, 0) is 36.2 Å². The SMILES string of the molecule is CC(C)c1cc(CC(=O)O)nn1-c1ccc(F)cc1. The van der Waals surface area contributed by atoms with E-state index in [1.54, 1.807) is 22.9 Å². The molecule has 2 aromatic rings. The summed E-state index contributed by atoms with van der Waals surface area (Å²) in [6, 6.07) is 7.75. The van der Waals surface area contributed by atoms with Gasteiger partial charge in [-0.2, -0.15) is 5.10 Å². The van der Waals surface area contributed by atoms with E-state index in [4.69, 9.17) is 5.11 Å². The van der Waals surface area contributed by atoms with Crippen LogP contribution in [-0.4, -0.2) is 20.9 Å². The zero-order valence-electron chi connectivity index (χ0n) is 10.8. The zero-order chi connectivity index (χ0) is 14.0. The van der Waals surface area contributed by atoms with Crippen molar-refractivity contribution in [2.24, 2.45) is 0 Å². The average Bonchev–Trinajstić information content (AvgIpc) is 2.73. The number of carboxylic acids is 1. The Hall–Kier alpha value is -2.17. The molecule has 0 radical (unpaired) electrons. The molecule has 0 bridgehead atoms. The quantitative estimate of drug-likeness (QED) is 0.921. The van der Waals surface area contributed by atoms with Crippen molar-refractivity contribution in [1.29, 1.82) is 0 Å². The first-order valence-corrected chi connectivity index (χ1v) is 6.04. The van der Waals surface area contributed by atoms with Crippen LogP contribution in [0.1, 0.15) is 31.2 Å². The Morgan fingerprint density at radius 2 is 2.00 bits per heavy atom. The van der Waals surface area contributed by atoms with Crippen molar-refractivity contribution in [1.82, 2.24) is 9.78 Å². The van der Waals surface area contributed by atoms with Gasteiger partial charge in [0.2, 0.25) is 0 Å². The van der Waals surface area contributed by atoms with Crippen molar-refractivity contribution in [2.45, 2.75) is 26.2 Å². The highest BCUT2D eigenvalue weighted by molar-refractivity contribution is 5.69. The van der Waals surface area contributed by atoms with Gasteiger partial charge >= 0.3 is 5.97 Å². The van der Waals surface area contributed by atoms with E-state index in [0.29, 0.717) is 5.69 Å². The standard InChI is InChI=1S/C14H15FN2O2/c1-9(2)13-7-11(8-14(18)19)16-17(13)12-5-3-10(15)4-6-12/h3-7,9H,8H2,1-2H3,(H,18,19). The molecule has 19 heavy (non-hydrogen) atoms. The van der Waals surface area contributed by atoms with Gasteiger partial charge in [0.15, 0.2) is 0 Å². The minimum atomic E-state index is -0.918. The lowest BCUT2D eigenvalue weighted by Gasteiger charge is -2.09. The van der Waals surface area contributed by atoms with E-state index in [0.717, 1.165) is 11.4 Å². The fraction of sp³-hybridized carbons (Fsp3) is 0.286. The normalized spacial score (nSPS) is 10.9. The third kappa shape index (κ3) is 2.99. The third-order valence-corrected chi connectivity index (χ3v) is 2.78. The molecule has 1 heterocycles. The van der Waals surface area contributed by atoms with Gasteiger partial charge in [0.1, 0.15) is 5.82 Å². The minimum Gasteiger partial charge on any atom is -0.481 e. The number of hydrogen-bond acceptors (Lipinski definition) is 2. The van der Waals surface area contributed by atoms with Crippen LogP contribution in [0, 0.1) is 5.82 Å². The van der Waals surface area contributed by atoms with Crippen molar-refractivity contribution in [3.8, 4) is 5.69 Å². The molecule has 0 aliphatic carbocycles. The van der Waals surface area contributed by atoms with E-state index in [9.17, 15) is 9.18 Å². The first-order valence-electron chi connectivity index (χ1n) is 6.04. The minimum absolute atomic E-state index is 0.117. The molecule has 0 spiro atoms. The molecule has 1 aromatic heterocycles. The second-order valence-corrected chi connectivity index (χ2v) is 4.67. The molecule has 0 fully saturated rings. The molecule has 0 saturated heterocycles. The number of rotatable bonds is 4. The topological polar surface area (TPSA) is 55.1 Å². The maximum Gasteiger partial charge on any atom is 0.309 e. The van der Waals surface area contributed by atoms with Gasteiger partial charge in [-0.25, -0.2) is 9.07 Å². The van der Waals surface area contributed by atoms with Crippen LogP contribution >= 0.6 is 0 Å². The van der Waals surface area contributed by atoms with Crippen molar-refractivity contribution in [3.05, 3.63) is 47.5 Å². The first kappa shape index (κ1) is 13.3. The lowest BCUT2D eigenvalue weighted by molar-refractivity contribution is -0.136. The fourth-order valence-corrected chi connectivity index (χ4v) is 1.89. The predicted molar refractivity (Wildman–Crippen MR) is 69.0 cm³/mol. The molecule has 2 rings (SSSR count). The molecule has 5 heteroatoms. The van der Waals surface area contributed by atoms with Crippen molar-refractivity contribution >= 4 is 5.97 Å². The second-order valence-electron chi connectivity index (χ2n) is 4.67. The highest BCUT2D eigenvalue weighted by Gasteiger charge is 2.14. The molecule has 1 N–H and O–H groups in total. The maximum atomic E-state index is 12.9. The van der Waals surface area contributed by atoms with E-state index in [-0.39, 0.29) is 18.2 Å². The van der Waals surface area contributed by atoms with Crippen molar-refractivity contribution < 1.29 is 14.3 Å². The Balaban J connectivity index is 2.45. The first-order chi connectivity index (χ1) is 8.97. The van der Waals surface area contributed by atoms with Gasteiger partial charge in [-0.1, -0.05) is 13.8 Å². The summed E-state index contributed by atoms with van der Waals surface area (Å²) in [5.41, 5.74) is 2.13. The monoisotopic (exact) mass is 262 g/mol. The largest absolute Gasteiger partial charge is 0.481 e. The summed E-state index contributed by atoms with van der Waals surface area (Å²) >= 11 is 0. The molecule has 0 amide bonds. The third-order valence-electron chi connectivity index (χ3n) is 2.78. The van der Waals surface area contributed by atoms with Crippen LogP contribution in [0.25, 0.3) is 5.69 Å². The van der Waals surface area contributed by atoms with Gasteiger partial charge < -0.3 is 5.11 Å². The molecule has 0 atom stereocenters. The van der Waals surface area contributed by atoms with Crippen LogP contribution in [-0.2, 0) is 11.2 Å². The number of benzene rings is 1. The van der Waals surface area contributed by atoms with E-state index in [1.807, 2.05) is 13.8 Å². The lowest BCUT2D eigenvalue weighted by atomic mass is 10.1. The predicted octanol–water partition coefficient (Wildman–Crippen LogP) is 2.76. The van der Waals surface area contributed by atoms with Gasteiger partial charge in [-0.3, -0.25) is 4.79 Å². The second kappa shape index (κ2) is 5.22. The number of carboxylic acid groups (broad SMARTS) is 1. The molecule has 0 aliphatic rings. The average molecular weight is 262 g/mol. The Morgan fingerprint density at radius 3 is 2.53 bits per heavy atom. The fourth-order valence-electron chi connectivity index (χ4n) is 1.89. The summed E-state index contributed by atoms with van der Waals surface area (Å²) in [4.78, 5) is 10.7. The molecular formula is C14H15FN2O2. The van der Waals surface area contributed by atoms with Crippen LogP contribution in [0.4, 0.5) is 4.39 Å². The number of nitrogens with zero attached hydrogens (tertiary/aromatic N) is 2. The van der Waals surface area contributed by atoms with E-state index in [1.165, 1.54) is 12.1 Å². The van der Waals surface area contributed by atoms with Crippen LogP contribution in [0.15, 0.2) is 30.3 Å². The zero-order valence-corrected chi connectivity index (χ0v) is 10.8. The number of carbonyl (C=O) groups is 1. The van der Waals surface area contributed by atoms with E-state index in [2.05, 4.69) is 5.10 Å². The highest BCUT2D eigenvalue weighted by atomic mass is 19.1. The van der Waals surface area contributed by atoms with Crippen LogP contribution in [0.5, 0.6) is 0 Å². The van der Waals surface area contributed by atoms with Crippen LogP contribution in [0.2, 0.25) is 0 Å². The summed E-state index contributed by atoms with van der Waals surface area (Å²) < 4.78 is 14.6. The molecule has 0 unspecified atom stereocenters. The summed E-state index contributed by atoms with van der Waals surface area (Å²) in [7, 11) is 0. The Labute approximate surface area is 110 Å². The lowest BCUT2D eigenvalue weighted by Crippen LogP contribution is -2.05. The Morgan fingerprint density at radius 1 is 1.37 bits per heavy atom. The summed E-state index contributed by atoms with van der Waals surface area (Å²) in [5, 5.41) is 13.1. The van der Waals surface area contributed by atoms with Crippen molar-refractivity contribution in [3.63, 3.8) is 0 Å². The Kier molecular flexibility index (Phi) is 3.64. The number of aromatic nitrogens is 2. The summed E-state index contributed by atoms with van der Waals surface area (Å²) in [5.74, 6) is -1.04. The van der Waals surface area contributed by atoms with Crippen LogP contribution in [0.3, 0.4) is 0 Å². The van der Waals surface area contributed by atoms with E-state index >= 15 is 0 Å². The molecule has 1 aromatic carbocycles. The maximum absolute atomic E-state index is 12.9. The molecule has 4 nitrogen and oxygen atoms in total. The molecule has 0 aliphatic heterocycles. The number of halogens is 1.